The molecule has 0 radical (unpaired) electrons. The molecule has 0 saturated carbocycles. The van der Waals surface area contributed by atoms with E-state index in [1.54, 1.807) is 22.9 Å². The molecule has 1 aliphatic rings. The van der Waals surface area contributed by atoms with Crippen LogP contribution in [0.3, 0.4) is 0 Å². The van der Waals surface area contributed by atoms with Crippen LogP contribution in [0.15, 0.2) is 34.0 Å². The molecule has 90 valence electrons. The Kier molecular flexibility index (Phi) is 3.02. The van der Waals surface area contributed by atoms with Crippen molar-refractivity contribution in [1.82, 2.24) is 4.98 Å². The van der Waals surface area contributed by atoms with Crippen LogP contribution in [0.4, 0.5) is 5.13 Å². The number of anilines is 1. The Labute approximate surface area is 115 Å². The first-order valence-corrected chi connectivity index (χ1v) is 7.59. The van der Waals surface area contributed by atoms with Crippen LogP contribution in [0.2, 0.25) is 0 Å². The normalized spacial score (nSPS) is 18.0. The fourth-order valence-electron chi connectivity index (χ4n) is 1.49. The lowest BCUT2D eigenvalue weighted by atomic mass is 10.4. The number of hydrogen-bond donors (Lipinski definition) is 1. The van der Waals surface area contributed by atoms with Crippen molar-refractivity contribution in [2.75, 3.05) is 4.90 Å². The maximum atomic E-state index is 12.2. The number of thiophene rings is 1. The third kappa shape index (κ3) is 2.00. The summed E-state index contributed by atoms with van der Waals surface area (Å²) in [5.74, 6) is -0.173. The zero-order valence-electron chi connectivity index (χ0n) is 8.99. The highest BCUT2D eigenvalue weighted by Gasteiger charge is 2.34. The topological polar surface area (TPSA) is 57.1 Å². The quantitative estimate of drug-likeness (QED) is 0.865. The molecule has 0 spiro atoms. The second kappa shape index (κ2) is 4.68. The summed E-state index contributed by atoms with van der Waals surface area (Å²) in [4.78, 5) is 19.2. The third-order valence-electron chi connectivity index (χ3n) is 2.25. The zero-order chi connectivity index (χ0) is 12.5. The van der Waals surface area contributed by atoms with Gasteiger partial charge in [0.05, 0.1) is 4.91 Å². The lowest BCUT2D eigenvalue weighted by Crippen LogP contribution is -2.27. The van der Waals surface area contributed by atoms with Gasteiger partial charge in [0, 0.05) is 16.5 Å². The van der Waals surface area contributed by atoms with Crippen molar-refractivity contribution in [3.8, 4) is 0 Å². The summed E-state index contributed by atoms with van der Waals surface area (Å²) in [5, 5.41) is 12.4. The van der Waals surface area contributed by atoms with E-state index in [1.165, 1.54) is 28.0 Å². The zero-order valence-corrected chi connectivity index (χ0v) is 11.4. The summed E-state index contributed by atoms with van der Waals surface area (Å²) < 4.78 is 0. The van der Waals surface area contributed by atoms with Gasteiger partial charge < -0.3 is 0 Å². The molecule has 0 bridgehead atoms. The Bertz CT molecular complexity index is 616. The van der Waals surface area contributed by atoms with Gasteiger partial charge in [-0.05, 0) is 29.3 Å². The van der Waals surface area contributed by atoms with Crippen molar-refractivity contribution in [2.24, 2.45) is 0 Å². The number of amidine groups is 1. The van der Waals surface area contributed by atoms with Crippen molar-refractivity contribution >= 4 is 56.7 Å². The molecule has 1 N–H and O–H groups in total. The monoisotopic (exact) mass is 293 g/mol. The molecule has 1 fully saturated rings. The second-order valence-electron chi connectivity index (χ2n) is 3.39. The summed E-state index contributed by atoms with van der Waals surface area (Å²) in [6.45, 7) is 0. The number of carbonyl (C=O) groups excluding carboxylic acids is 1. The highest BCUT2D eigenvalue weighted by atomic mass is 32.2. The van der Waals surface area contributed by atoms with Crippen LogP contribution in [0.5, 0.6) is 0 Å². The van der Waals surface area contributed by atoms with Crippen molar-refractivity contribution in [1.29, 1.82) is 5.41 Å². The molecule has 2 aromatic heterocycles. The predicted octanol–water partition coefficient (Wildman–Crippen LogP) is 3.26. The van der Waals surface area contributed by atoms with Crippen LogP contribution in [-0.2, 0) is 4.79 Å². The average Bonchev–Trinajstić information content (AvgIpc) is 3.03. The molecule has 2 aromatic rings. The van der Waals surface area contributed by atoms with Crippen LogP contribution >= 0.6 is 34.4 Å². The summed E-state index contributed by atoms with van der Waals surface area (Å²) in [6, 6.07) is 3.88. The van der Waals surface area contributed by atoms with Gasteiger partial charge in [0.25, 0.3) is 5.91 Å². The summed E-state index contributed by atoms with van der Waals surface area (Å²) >= 11 is 4.09. The number of nitrogens with one attached hydrogen (secondary N) is 1. The van der Waals surface area contributed by atoms with Gasteiger partial charge in [-0.1, -0.05) is 6.07 Å². The Morgan fingerprint density at radius 1 is 1.33 bits per heavy atom. The van der Waals surface area contributed by atoms with Crippen molar-refractivity contribution < 1.29 is 4.79 Å². The second-order valence-corrected chi connectivity index (χ2v) is 6.27. The third-order valence-corrected chi connectivity index (χ3v) is 4.71. The van der Waals surface area contributed by atoms with E-state index in [-0.39, 0.29) is 11.1 Å². The van der Waals surface area contributed by atoms with Gasteiger partial charge >= 0.3 is 0 Å². The highest BCUT2D eigenvalue weighted by molar-refractivity contribution is 8.19. The molecule has 4 nitrogen and oxygen atoms in total. The average molecular weight is 293 g/mol. The van der Waals surface area contributed by atoms with Gasteiger partial charge in [-0.25, -0.2) is 9.88 Å². The maximum absolute atomic E-state index is 12.2. The fourth-order valence-corrected chi connectivity index (χ4v) is 3.76. The summed E-state index contributed by atoms with van der Waals surface area (Å²) in [5.41, 5.74) is 0. The van der Waals surface area contributed by atoms with Crippen molar-refractivity contribution in [3.63, 3.8) is 0 Å². The van der Waals surface area contributed by atoms with Crippen molar-refractivity contribution in [3.05, 3.63) is 38.9 Å². The van der Waals surface area contributed by atoms with Gasteiger partial charge in [0.2, 0.25) is 0 Å². The highest BCUT2D eigenvalue weighted by Crippen LogP contribution is 2.36. The number of hydrogen-bond acceptors (Lipinski definition) is 6. The Morgan fingerprint density at radius 2 is 2.22 bits per heavy atom. The molecule has 7 heteroatoms. The first-order valence-electron chi connectivity index (χ1n) is 5.01. The first-order chi connectivity index (χ1) is 8.75. The molecular weight excluding hydrogens is 286 g/mol. The van der Waals surface area contributed by atoms with Crippen LogP contribution in [0.1, 0.15) is 4.88 Å². The minimum atomic E-state index is -0.173. The van der Waals surface area contributed by atoms with Gasteiger partial charge in [-0.3, -0.25) is 10.2 Å². The molecule has 3 heterocycles. The van der Waals surface area contributed by atoms with E-state index in [4.69, 9.17) is 5.41 Å². The number of thiazole rings is 1. The molecule has 1 amide bonds. The standard InChI is InChI=1S/C11H7N3OS3/c12-10-14(11-13-3-5-17-11)9(15)8(18-10)6-7-2-1-4-16-7/h1-6,12H/b8-6-,12-10?. The van der Waals surface area contributed by atoms with Crippen LogP contribution in [-0.4, -0.2) is 16.1 Å². The SMILES string of the molecule is N=C1S/C(=C\c2cccs2)C(=O)N1c1nccs1. The van der Waals surface area contributed by atoms with Gasteiger partial charge in [-0.15, -0.1) is 22.7 Å². The van der Waals surface area contributed by atoms with Crippen molar-refractivity contribution in [2.45, 2.75) is 0 Å². The number of nitrogens with zero attached hydrogens (tertiary/aromatic N) is 2. The number of rotatable bonds is 2. The number of carbonyl (C=O) groups is 1. The molecule has 18 heavy (non-hydrogen) atoms. The molecule has 0 unspecified atom stereocenters. The lowest BCUT2D eigenvalue weighted by Gasteiger charge is -2.08. The molecule has 3 rings (SSSR count). The Hall–Kier alpha value is -1.44. The molecule has 1 aliphatic heterocycles. The van der Waals surface area contributed by atoms with E-state index < -0.39 is 0 Å². The minimum Gasteiger partial charge on any atom is -0.278 e. The fraction of sp³-hybridized carbons (Fsp3) is 0. The lowest BCUT2D eigenvalue weighted by molar-refractivity contribution is -0.113. The molecule has 0 aromatic carbocycles. The van der Waals surface area contributed by atoms with E-state index in [9.17, 15) is 4.79 Å². The first kappa shape index (κ1) is 11.6. The van der Waals surface area contributed by atoms with Gasteiger partial charge in [0.1, 0.15) is 0 Å². The molecular formula is C11H7N3OS3. The Morgan fingerprint density at radius 3 is 2.89 bits per heavy atom. The van der Waals surface area contributed by atoms with Crippen LogP contribution in [0, 0.1) is 5.41 Å². The van der Waals surface area contributed by atoms with E-state index in [2.05, 4.69) is 4.98 Å². The van der Waals surface area contributed by atoms with Crippen LogP contribution < -0.4 is 4.90 Å². The van der Waals surface area contributed by atoms with E-state index in [0.29, 0.717) is 10.0 Å². The largest absolute Gasteiger partial charge is 0.278 e. The van der Waals surface area contributed by atoms with Gasteiger partial charge in [0.15, 0.2) is 10.3 Å². The molecule has 0 atom stereocenters. The number of thioether (sulfide) groups is 1. The summed E-state index contributed by atoms with van der Waals surface area (Å²) in [6.07, 6.45) is 3.45. The van der Waals surface area contributed by atoms with E-state index in [0.717, 1.165) is 4.88 Å². The van der Waals surface area contributed by atoms with E-state index in [1.807, 2.05) is 23.6 Å². The molecule has 1 saturated heterocycles. The Balaban J connectivity index is 1.94. The summed E-state index contributed by atoms with van der Waals surface area (Å²) in [7, 11) is 0. The minimum absolute atomic E-state index is 0.173. The smallest absolute Gasteiger partial charge is 0.273 e. The van der Waals surface area contributed by atoms with Gasteiger partial charge in [-0.2, -0.15) is 0 Å². The van der Waals surface area contributed by atoms with Crippen LogP contribution in [0.25, 0.3) is 6.08 Å². The molecule has 0 aliphatic carbocycles. The van der Waals surface area contributed by atoms with E-state index >= 15 is 0 Å². The number of aromatic nitrogens is 1. The maximum Gasteiger partial charge on any atom is 0.273 e. The number of amides is 1. The predicted molar refractivity (Wildman–Crippen MR) is 77.2 cm³/mol.